The van der Waals surface area contributed by atoms with Crippen LogP contribution >= 0.6 is 11.3 Å². The summed E-state index contributed by atoms with van der Waals surface area (Å²) in [6.07, 6.45) is 0. The van der Waals surface area contributed by atoms with E-state index >= 15 is 0 Å². The Balaban J connectivity index is 2.24. The minimum Gasteiger partial charge on any atom is -0.494 e. The first-order chi connectivity index (χ1) is 10.5. The second-order valence-corrected chi connectivity index (χ2v) is 6.74. The first kappa shape index (κ1) is 16.3. The fraction of sp³-hybridized carbons (Fsp3) is 0.214. The molecule has 2 aromatic rings. The molecule has 1 aromatic heterocycles. The summed E-state index contributed by atoms with van der Waals surface area (Å²) < 4.78 is 37.0. The van der Waals surface area contributed by atoms with Gasteiger partial charge >= 0.3 is 5.97 Å². The molecule has 0 unspecified atom stereocenters. The van der Waals surface area contributed by atoms with Crippen LogP contribution in [0.2, 0.25) is 0 Å². The van der Waals surface area contributed by atoms with Crippen molar-refractivity contribution in [2.45, 2.75) is 11.8 Å². The van der Waals surface area contributed by atoms with E-state index in [9.17, 15) is 13.2 Å². The third kappa shape index (κ3) is 3.58. The molecule has 1 heterocycles. The van der Waals surface area contributed by atoms with Crippen LogP contribution in [-0.4, -0.2) is 28.1 Å². The molecular weight excluding hydrogens is 326 g/mol. The summed E-state index contributed by atoms with van der Waals surface area (Å²) in [4.78, 5) is 11.5. The zero-order valence-corrected chi connectivity index (χ0v) is 13.7. The lowest BCUT2D eigenvalue weighted by atomic mass is 10.3. The minimum absolute atomic E-state index is 0.0425. The molecule has 8 heteroatoms. The quantitative estimate of drug-likeness (QED) is 0.817. The summed E-state index contributed by atoms with van der Waals surface area (Å²) in [5, 5.41) is 1.53. The molecule has 2 rings (SSSR count). The van der Waals surface area contributed by atoms with Gasteiger partial charge in [-0.2, -0.15) is 0 Å². The second kappa shape index (κ2) is 6.80. The first-order valence-corrected chi connectivity index (χ1v) is 8.75. The van der Waals surface area contributed by atoms with Crippen LogP contribution in [0, 0.1) is 0 Å². The number of ether oxygens (including phenoxy) is 2. The van der Waals surface area contributed by atoms with Crippen molar-refractivity contribution in [2.75, 3.05) is 18.4 Å². The average Bonchev–Trinajstić information content (AvgIpc) is 2.99. The Hall–Kier alpha value is -2.06. The van der Waals surface area contributed by atoms with Gasteiger partial charge < -0.3 is 9.47 Å². The van der Waals surface area contributed by atoms with Gasteiger partial charge in [-0.1, -0.05) is 0 Å². The Morgan fingerprint density at radius 3 is 2.50 bits per heavy atom. The van der Waals surface area contributed by atoms with Crippen molar-refractivity contribution < 1.29 is 22.7 Å². The van der Waals surface area contributed by atoms with Crippen LogP contribution in [-0.2, 0) is 14.8 Å². The van der Waals surface area contributed by atoms with Crippen LogP contribution in [0.5, 0.6) is 5.75 Å². The largest absolute Gasteiger partial charge is 0.494 e. The van der Waals surface area contributed by atoms with Crippen molar-refractivity contribution in [2.24, 2.45) is 0 Å². The zero-order chi connectivity index (χ0) is 16.2. The number of esters is 1. The van der Waals surface area contributed by atoms with E-state index in [0.29, 0.717) is 18.0 Å². The van der Waals surface area contributed by atoms with Crippen LogP contribution < -0.4 is 9.46 Å². The van der Waals surface area contributed by atoms with Crippen molar-refractivity contribution in [3.63, 3.8) is 0 Å². The Kier molecular flexibility index (Phi) is 5.04. The summed E-state index contributed by atoms with van der Waals surface area (Å²) >= 11 is 1.02. The number of rotatable bonds is 6. The van der Waals surface area contributed by atoms with E-state index < -0.39 is 16.0 Å². The SMILES string of the molecule is CCOc1ccc(NS(=O)(=O)c2ccsc2C(=O)OC)cc1. The maximum Gasteiger partial charge on any atom is 0.349 e. The maximum atomic E-state index is 12.4. The molecule has 0 aliphatic heterocycles. The number of methoxy groups -OCH3 is 1. The molecule has 0 radical (unpaired) electrons. The van der Waals surface area contributed by atoms with E-state index in [1.54, 1.807) is 24.3 Å². The Morgan fingerprint density at radius 1 is 1.23 bits per heavy atom. The number of hydrogen-bond donors (Lipinski definition) is 1. The summed E-state index contributed by atoms with van der Waals surface area (Å²) in [6.45, 7) is 2.39. The van der Waals surface area contributed by atoms with Crippen molar-refractivity contribution in [3.8, 4) is 5.75 Å². The number of carbonyl (C=O) groups is 1. The van der Waals surface area contributed by atoms with E-state index in [4.69, 9.17) is 4.74 Å². The second-order valence-electron chi connectivity index (χ2n) is 4.17. The van der Waals surface area contributed by atoms with Gasteiger partial charge in [0.1, 0.15) is 15.5 Å². The van der Waals surface area contributed by atoms with Crippen molar-refractivity contribution >= 4 is 33.0 Å². The fourth-order valence-corrected chi connectivity index (χ4v) is 4.14. The van der Waals surface area contributed by atoms with Crippen molar-refractivity contribution in [1.29, 1.82) is 0 Å². The van der Waals surface area contributed by atoms with Gasteiger partial charge in [-0.15, -0.1) is 11.3 Å². The Bertz CT molecular complexity index is 750. The number of sulfonamides is 1. The lowest BCUT2D eigenvalue weighted by Crippen LogP contribution is -2.15. The van der Waals surface area contributed by atoms with Crippen molar-refractivity contribution in [1.82, 2.24) is 0 Å². The Morgan fingerprint density at radius 2 is 1.91 bits per heavy atom. The molecule has 0 aliphatic carbocycles. The van der Waals surface area contributed by atoms with Gasteiger partial charge in [-0.05, 0) is 42.6 Å². The van der Waals surface area contributed by atoms with Crippen LogP contribution in [0.15, 0.2) is 40.6 Å². The Labute approximate surface area is 132 Å². The molecule has 1 aromatic carbocycles. The van der Waals surface area contributed by atoms with Crippen LogP contribution in [0.1, 0.15) is 16.6 Å². The van der Waals surface area contributed by atoms with E-state index in [2.05, 4.69) is 9.46 Å². The maximum absolute atomic E-state index is 12.4. The lowest BCUT2D eigenvalue weighted by molar-refractivity contribution is 0.0602. The highest BCUT2D eigenvalue weighted by atomic mass is 32.2. The zero-order valence-electron chi connectivity index (χ0n) is 12.0. The highest BCUT2D eigenvalue weighted by molar-refractivity contribution is 7.93. The number of thiophene rings is 1. The van der Waals surface area contributed by atoms with Gasteiger partial charge in [0.15, 0.2) is 0 Å². The lowest BCUT2D eigenvalue weighted by Gasteiger charge is -2.09. The van der Waals surface area contributed by atoms with E-state index in [0.717, 1.165) is 11.3 Å². The topological polar surface area (TPSA) is 81.7 Å². The molecule has 0 aliphatic rings. The number of hydrogen-bond acceptors (Lipinski definition) is 6. The van der Waals surface area contributed by atoms with Gasteiger partial charge in [-0.25, -0.2) is 13.2 Å². The first-order valence-electron chi connectivity index (χ1n) is 6.39. The minimum atomic E-state index is -3.86. The third-order valence-electron chi connectivity index (χ3n) is 2.71. The van der Waals surface area contributed by atoms with Gasteiger partial charge in [-0.3, -0.25) is 4.72 Å². The predicted octanol–water partition coefficient (Wildman–Crippen LogP) is 2.73. The summed E-state index contributed by atoms with van der Waals surface area (Å²) in [5.74, 6) is -0.0294. The molecular formula is C14H15NO5S2. The molecule has 22 heavy (non-hydrogen) atoms. The number of carbonyl (C=O) groups excluding carboxylic acids is 1. The molecule has 0 fully saturated rings. The van der Waals surface area contributed by atoms with E-state index in [1.165, 1.54) is 18.6 Å². The summed E-state index contributed by atoms with van der Waals surface area (Å²) in [5.41, 5.74) is 0.380. The molecule has 0 spiro atoms. The average molecular weight is 341 g/mol. The molecule has 0 saturated carbocycles. The van der Waals surface area contributed by atoms with Crippen molar-refractivity contribution in [3.05, 3.63) is 40.6 Å². The summed E-state index contributed by atoms with van der Waals surface area (Å²) in [7, 11) is -2.66. The van der Waals surface area contributed by atoms with E-state index in [1.807, 2.05) is 6.92 Å². The molecule has 1 N–H and O–H groups in total. The molecule has 118 valence electrons. The molecule has 6 nitrogen and oxygen atoms in total. The van der Waals surface area contributed by atoms with Gasteiger partial charge in [0.2, 0.25) is 0 Å². The smallest absolute Gasteiger partial charge is 0.349 e. The van der Waals surface area contributed by atoms with Gasteiger partial charge in [0, 0.05) is 5.69 Å². The highest BCUT2D eigenvalue weighted by Crippen LogP contribution is 2.25. The molecule has 0 atom stereocenters. The van der Waals surface area contributed by atoms with Crippen LogP contribution in [0.3, 0.4) is 0 Å². The number of benzene rings is 1. The standard InChI is InChI=1S/C14H15NO5S2/c1-3-20-11-6-4-10(5-7-11)15-22(17,18)12-8-9-21-13(12)14(16)19-2/h4-9,15H,3H2,1-2H3. The predicted molar refractivity (Wildman–Crippen MR) is 84.1 cm³/mol. The number of anilines is 1. The van der Waals surface area contributed by atoms with E-state index in [-0.39, 0.29) is 9.77 Å². The molecule has 0 amide bonds. The molecule has 0 bridgehead atoms. The number of nitrogens with one attached hydrogen (secondary N) is 1. The normalized spacial score (nSPS) is 11.0. The third-order valence-corrected chi connectivity index (χ3v) is 5.15. The van der Waals surface area contributed by atoms with Crippen LogP contribution in [0.25, 0.3) is 0 Å². The fourth-order valence-electron chi connectivity index (χ4n) is 1.75. The highest BCUT2D eigenvalue weighted by Gasteiger charge is 2.24. The monoisotopic (exact) mass is 341 g/mol. The van der Waals surface area contributed by atoms with Crippen LogP contribution in [0.4, 0.5) is 5.69 Å². The van der Waals surface area contributed by atoms with Gasteiger partial charge in [0.05, 0.1) is 13.7 Å². The summed E-state index contributed by atoms with van der Waals surface area (Å²) in [6, 6.07) is 7.87. The molecule has 0 saturated heterocycles. The van der Waals surface area contributed by atoms with Gasteiger partial charge in [0.25, 0.3) is 10.0 Å².